The summed E-state index contributed by atoms with van der Waals surface area (Å²) in [5.74, 6) is -1.48. The van der Waals surface area contributed by atoms with Gasteiger partial charge in [0, 0.05) is 19.1 Å². The molecular weight excluding hydrogens is 214 g/mol. The normalized spacial score (nSPS) is 11.9. The predicted molar refractivity (Wildman–Crippen MR) is 57.1 cm³/mol. The molecule has 16 heavy (non-hydrogen) atoms. The minimum Gasteiger partial charge on any atom is -0.481 e. The lowest BCUT2D eigenvalue weighted by Gasteiger charge is -2.12. The van der Waals surface area contributed by atoms with Crippen LogP contribution in [0, 0.1) is 5.92 Å². The van der Waals surface area contributed by atoms with Gasteiger partial charge in [-0.2, -0.15) is 0 Å². The molecule has 0 saturated heterocycles. The molecule has 0 aliphatic carbocycles. The topological polar surface area (TPSA) is 95.9 Å². The monoisotopic (exact) mass is 233 g/mol. The Hall–Kier alpha value is -1.30. The first-order chi connectivity index (χ1) is 7.60. The van der Waals surface area contributed by atoms with Crippen molar-refractivity contribution >= 4 is 12.1 Å². The maximum atomic E-state index is 11.1. The van der Waals surface area contributed by atoms with E-state index in [0.717, 1.165) is 12.8 Å². The van der Waals surface area contributed by atoms with E-state index in [2.05, 4.69) is 5.32 Å². The molecule has 0 rings (SSSR count). The molecule has 1 unspecified atom stereocenters. The summed E-state index contributed by atoms with van der Waals surface area (Å²) < 4.78 is 4.80. The second-order valence-electron chi connectivity index (χ2n) is 3.52. The number of hydrogen-bond donors (Lipinski definition) is 3. The summed E-state index contributed by atoms with van der Waals surface area (Å²) in [5.41, 5.74) is 0. The van der Waals surface area contributed by atoms with E-state index in [0.29, 0.717) is 6.61 Å². The molecule has 0 saturated carbocycles. The van der Waals surface area contributed by atoms with Gasteiger partial charge < -0.3 is 20.3 Å². The zero-order chi connectivity index (χ0) is 12.4. The van der Waals surface area contributed by atoms with E-state index in [9.17, 15) is 9.59 Å². The molecule has 0 aromatic heterocycles. The smallest absolute Gasteiger partial charge is 0.407 e. The van der Waals surface area contributed by atoms with Crippen molar-refractivity contribution in [1.29, 1.82) is 0 Å². The molecule has 0 spiro atoms. The second-order valence-corrected chi connectivity index (χ2v) is 3.52. The van der Waals surface area contributed by atoms with Crippen LogP contribution in [0.3, 0.4) is 0 Å². The highest BCUT2D eigenvalue weighted by Crippen LogP contribution is 2.00. The molecule has 0 fully saturated rings. The quantitative estimate of drug-likeness (QED) is 0.533. The van der Waals surface area contributed by atoms with Crippen molar-refractivity contribution in [3.05, 3.63) is 0 Å². The zero-order valence-electron chi connectivity index (χ0n) is 9.44. The maximum Gasteiger partial charge on any atom is 0.407 e. The molecule has 1 amide bonds. The third-order valence-corrected chi connectivity index (χ3v) is 1.99. The van der Waals surface area contributed by atoms with Crippen LogP contribution >= 0.6 is 0 Å². The summed E-state index contributed by atoms with van der Waals surface area (Å²) in [6, 6.07) is 0. The number of carbonyl (C=O) groups excluding carboxylic acids is 1. The number of aliphatic hydroxyl groups is 1. The fourth-order valence-corrected chi connectivity index (χ4v) is 1.04. The van der Waals surface area contributed by atoms with E-state index in [1.807, 2.05) is 6.92 Å². The first-order valence-corrected chi connectivity index (χ1v) is 5.33. The lowest BCUT2D eigenvalue weighted by atomic mass is 10.1. The number of aliphatic hydroxyl groups excluding tert-OH is 1. The number of carboxylic acid groups (broad SMARTS) is 1. The first kappa shape index (κ1) is 14.7. The molecule has 0 bridgehead atoms. The summed E-state index contributed by atoms with van der Waals surface area (Å²) in [5, 5.41) is 19.8. The maximum absolute atomic E-state index is 11.1. The van der Waals surface area contributed by atoms with Crippen molar-refractivity contribution in [1.82, 2.24) is 5.32 Å². The van der Waals surface area contributed by atoms with Gasteiger partial charge in [0.1, 0.15) is 0 Å². The molecule has 0 aromatic rings. The zero-order valence-corrected chi connectivity index (χ0v) is 9.44. The van der Waals surface area contributed by atoms with Crippen LogP contribution in [0.5, 0.6) is 0 Å². The summed E-state index contributed by atoms with van der Waals surface area (Å²) in [4.78, 5) is 21.4. The van der Waals surface area contributed by atoms with Crippen molar-refractivity contribution in [2.24, 2.45) is 5.92 Å². The largest absolute Gasteiger partial charge is 0.481 e. The van der Waals surface area contributed by atoms with Gasteiger partial charge in [-0.05, 0) is 6.42 Å². The molecule has 3 N–H and O–H groups in total. The van der Waals surface area contributed by atoms with Gasteiger partial charge >= 0.3 is 12.1 Å². The van der Waals surface area contributed by atoms with Crippen LogP contribution in [0.25, 0.3) is 0 Å². The number of carbonyl (C=O) groups is 2. The van der Waals surface area contributed by atoms with Crippen molar-refractivity contribution in [3.8, 4) is 0 Å². The Morgan fingerprint density at radius 1 is 1.44 bits per heavy atom. The standard InChI is InChI=1S/C10H19NO5/c1-2-3-4-16-10(15)11-6-8(7-12)5-9(13)14/h8,12H,2-7H2,1H3,(H,11,15)(H,13,14). The molecular formula is C10H19NO5. The number of unbranched alkanes of at least 4 members (excludes halogenated alkanes) is 1. The van der Waals surface area contributed by atoms with E-state index >= 15 is 0 Å². The van der Waals surface area contributed by atoms with Gasteiger partial charge in [-0.1, -0.05) is 13.3 Å². The van der Waals surface area contributed by atoms with Gasteiger partial charge in [0.25, 0.3) is 0 Å². The molecule has 0 aliphatic heterocycles. The lowest BCUT2D eigenvalue weighted by molar-refractivity contribution is -0.138. The Morgan fingerprint density at radius 2 is 2.12 bits per heavy atom. The average molecular weight is 233 g/mol. The Kier molecular flexibility index (Phi) is 8.24. The second kappa shape index (κ2) is 8.96. The number of rotatable bonds is 8. The van der Waals surface area contributed by atoms with E-state index in [1.165, 1.54) is 0 Å². The highest BCUT2D eigenvalue weighted by molar-refractivity contribution is 5.68. The van der Waals surface area contributed by atoms with Gasteiger partial charge in [0.05, 0.1) is 13.0 Å². The van der Waals surface area contributed by atoms with E-state index in [1.54, 1.807) is 0 Å². The Morgan fingerprint density at radius 3 is 2.62 bits per heavy atom. The van der Waals surface area contributed by atoms with Crippen LogP contribution in [0.2, 0.25) is 0 Å². The van der Waals surface area contributed by atoms with Crippen LogP contribution in [-0.2, 0) is 9.53 Å². The third kappa shape index (κ3) is 8.05. The van der Waals surface area contributed by atoms with Crippen LogP contribution in [0.15, 0.2) is 0 Å². The SMILES string of the molecule is CCCCOC(=O)NCC(CO)CC(=O)O. The third-order valence-electron chi connectivity index (χ3n) is 1.99. The van der Waals surface area contributed by atoms with E-state index < -0.39 is 18.0 Å². The van der Waals surface area contributed by atoms with Gasteiger partial charge in [-0.3, -0.25) is 4.79 Å². The molecule has 0 aliphatic rings. The fraction of sp³-hybridized carbons (Fsp3) is 0.800. The van der Waals surface area contributed by atoms with Crippen molar-refractivity contribution in [2.45, 2.75) is 26.2 Å². The number of hydrogen-bond acceptors (Lipinski definition) is 4. The van der Waals surface area contributed by atoms with Crippen LogP contribution in [-0.4, -0.2) is 42.0 Å². The van der Waals surface area contributed by atoms with Crippen molar-refractivity contribution < 1.29 is 24.5 Å². The van der Waals surface area contributed by atoms with Crippen molar-refractivity contribution in [3.63, 3.8) is 0 Å². The highest BCUT2D eigenvalue weighted by Gasteiger charge is 2.13. The molecule has 6 nitrogen and oxygen atoms in total. The Balaban J connectivity index is 3.66. The Labute approximate surface area is 94.6 Å². The van der Waals surface area contributed by atoms with E-state index in [4.69, 9.17) is 14.9 Å². The average Bonchev–Trinajstić information content (AvgIpc) is 2.24. The number of carboxylic acids is 1. The van der Waals surface area contributed by atoms with Gasteiger partial charge in [0.2, 0.25) is 0 Å². The molecule has 6 heteroatoms. The van der Waals surface area contributed by atoms with Crippen LogP contribution in [0.4, 0.5) is 4.79 Å². The molecule has 0 radical (unpaired) electrons. The summed E-state index contributed by atoms with van der Waals surface area (Å²) in [6.45, 7) is 2.16. The van der Waals surface area contributed by atoms with Gasteiger partial charge in [0.15, 0.2) is 0 Å². The van der Waals surface area contributed by atoms with E-state index in [-0.39, 0.29) is 19.6 Å². The van der Waals surface area contributed by atoms with Crippen LogP contribution < -0.4 is 5.32 Å². The lowest BCUT2D eigenvalue weighted by Crippen LogP contribution is -2.32. The Bertz CT molecular complexity index is 219. The van der Waals surface area contributed by atoms with Gasteiger partial charge in [-0.25, -0.2) is 4.79 Å². The fourth-order valence-electron chi connectivity index (χ4n) is 1.04. The molecule has 1 atom stereocenters. The number of amides is 1. The first-order valence-electron chi connectivity index (χ1n) is 5.33. The number of nitrogens with one attached hydrogen (secondary N) is 1. The number of aliphatic carboxylic acids is 1. The minimum atomic E-state index is -1.000. The molecule has 94 valence electrons. The predicted octanol–water partition coefficient (Wildman–Crippen LogP) is 0.596. The van der Waals surface area contributed by atoms with Crippen LogP contribution in [0.1, 0.15) is 26.2 Å². The van der Waals surface area contributed by atoms with Crippen molar-refractivity contribution in [2.75, 3.05) is 19.8 Å². The molecule has 0 aromatic carbocycles. The van der Waals surface area contributed by atoms with Gasteiger partial charge in [-0.15, -0.1) is 0 Å². The summed E-state index contributed by atoms with van der Waals surface area (Å²) in [6.07, 6.45) is 0.987. The molecule has 0 heterocycles. The summed E-state index contributed by atoms with van der Waals surface area (Å²) in [7, 11) is 0. The number of ether oxygens (including phenoxy) is 1. The summed E-state index contributed by atoms with van der Waals surface area (Å²) >= 11 is 0. The highest BCUT2D eigenvalue weighted by atomic mass is 16.5. The number of alkyl carbamates (subject to hydrolysis) is 1. The minimum absolute atomic E-state index is 0.105.